The predicted molar refractivity (Wildman–Crippen MR) is 103 cm³/mol. The number of ether oxygens (including phenoxy) is 1. The minimum Gasteiger partial charge on any atom is -0.465 e. The molecule has 7 nitrogen and oxygen atoms in total. The summed E-state index contributed by atoms with van der Waals surface area (Å²) in [4.78, 5) is 19.7. The molecule has 0 radical (unpaired) electrons. The number of pyridine rings is 2. The van der Waals surface area contributed by atoms with Crippen LogP contribution in [0, 0.1) is 5.95 Å². The van der Waals surface area contributed by atoms with Gasteiger partial charge in [0, 0.05) is 35.7 Å². The monoisotopic (exact) mass is 411 g/mol. The molecule has 0 fully saturated rings. The summed E-state index contributed by atoms with van der Waals surface area (Å²) in [5, 5.41) is 0.406. The van der Waals surface area contributed by atoms with Gasteiger partial charge in [-0.1, -0.05) is 12.1 Å². The number of carbonyl (C=O) groups excluding carboxylic acids is 1. The summed E-state index contributed by atoms with van der Waals surface area (Å²) in [5.41, 5.74) is 1.59. The summed E-state index contributed by atoms with van der Waals surface area (Å²) < 4.78 is 45.3. The maximum atomic E-state index is 13.2. The highest BCUT2D eigenvalue weighted by atomic mass is 32.2. The average molecular weight is 411 g/mol. The van der Waals surface area contributed by atoms with Gasteiger partial charge in [-0.2, -0.15) is 4.39 Å². The molecule has 9 heteroatoms. The van der Waals surface area contributed by atoms with E-state index in [2.05, 4.69) is 9.97 Å². The van der Waals surface area contributed by atoms with Gasteiger partial charge in [0.2, 0.25) is 5.95 Å². The van der Waals surface area contributed by atoms with E-state index in [4.69, 9.17) is 4.74 Å². The Morgan fingerprint density at radius 3 is 2.55 bits per heavy atom. The van der Waals surface area contributed by atoms with E-state index < -0.39 is 21.9 Å². The zero-order chi connectivity index (χ0) is 20.6. The maximum Gasteiger partial charge on any atom is 0.340 e. The van der Waals surface area contributed by atoms with Gasteiger partial charge in [-0.05, 0) is 35.9 Å². The van der Waals surface area contributed by atoms with Gasteiger partial charge in [-0.25, -0.2) is 22.2 Å². The summed E-state index contributed by atoms with van der Waals surface area (Å²) in [6.07, 6.45) is 5.27. The Morgan fingerprint density at radius 1 is 1.10 bits per heavy atom. The van der Waals surface area contributed by atoms with Crippen molar-refractivity contribution in [1.82, 2.24) is 13.9 Å². The van der Waals surface area contributed by atoms with Gasteiger partial charge in [-0.15, -0.1) is 0 Å². The van der Waals surface area contributed by atoms with Gasteiger partial charge in [0.05, 0.1) is 18.2 Å². The molecule has 3 aromatic heterocycles. The average Bonchev–Trinajstić information content (AvgIpc) is 3.14. The van der Waals surface area contributed by atoms with E-state index in [0.717, 1.165) is 3.97 Å². The minimum absolute atomic E-state index is 0.0258. The smallest absolute Gasteiger partial charge is 0.340 e. The largest absolute Gasteiger partial charge is 0.465 e. The zero-order valence-electron chi connectivity index (χ0n) is 15.1. The lowest BCUT2D eigenvalue weighted by Gasteiger charge is -2.08. The molecule has 0 saturated heterocycles. The number of aromatic nitrogens is 3. The van der Waals surface area contributed by atoms with Crippen LogP contribution in [0.3, 0.4) is 0 Å². The molecule has 0 spiro atoms. The predicted octanol–water partition coefficient (Wildman–Crippen LogP) is 3.26. The van der Waals surface area contributed by atoms with E-state index in [1.54, 1.807) is 18.2 Å². The van der Waals surface area contributed by atoms with Crippen LogP contribution in [-0.4, -0.2) is 35.4 Å². The molecular formula is C20H14FN3O4S. The second-order valence-corrected chi connectivity index (χ2v) is 7.94. The lowest BCUT2D eigenvalue weighted by Crippen LogP contribution is -2.12. The van der Waals surface area contributed by atoms with Gasteiger partial charge in [-0.3, -0.25) is 4.98 Å². The van der Waals surface area contributed by atoms with Gasteiger partial charge in [0.15, 0.2) is 0 Å². The fraction of sp³-hybridized carbons (Fsp3) is 0.0500. The zero-order valence-corrected chi connectivity index (χ0v) is 15.9. The maximum absolute atomic E-state index is 13.2. The molecule has 0 aliphatic heterocycles. The van der Waals surface area contributed by atoms with Crippen LogP contribution in [0.5, 0.6) is 0 Å². The Hall–Kier alpha value is -3.59. The molecule has 0 bridgehead atoms. The van der Waals surface area contributed by atoms with E-state index >= 15 is 0 Å². The van der Waals surface area contributed by atoms with Gasteiger partial charge >= 0.3 is 5.97 Å². The highest BCUT2D eigenvalue weighted by Crippen LogP contribution is 2.30. The molecule has 3 heterocycles. The van der Waals surface area contributed by atoms with Gasteiger partial charge in [0.1, 0.15) is 4.90 Å². The van der Waals surface area contributed by atoms with Crippen molar-refractivity contribution in [3.05, 3.63) is 78.8 Å². The molecule has 0 aliphatic carbocycles. The first-order chi connectivity index (χ1) is 13.9. The van der Waals surface area contributed by atoms with Crippen molar-refractivity contribution in [3.8, 4) is 11.1 Å². The number of nitrogens with zero attached hydrogens (tertiary/aromatic N) is 3. The van der Waals surface area contributed by atoms with Crippen LogP contribution >= 0.6 is 0 Å². The molecule has 0 amide bonds. The van der Waals surface area contributed by atoms with Crippen LogP contribution in [-0.2, 0) is 14.8 Å². The van der Waals surface area contributed by atoms with Crippen molar-refractivity contribution in [1.29, 1.82) is 0 Å². The quantitative estimate of drug-likeness (QED) is 0.378. The van der Waals surface area contributed by atoms with E-state index in [-0.39, 0.29) is 16.0 Å². The van der Waals surface area contributed by atoms with E-state index in [9.17, 15) is 17.6 Å². The normalized spacial score (nSPS) is 11.5. The Balaban J connectivity index is 1.99. The number of rotatable bonds is 4. The van der Waals surface area contributed by atoms with Crippen LogP contribution in [0.25, 0.3) is 22.0 Å². The van der Waals surface area contributed by atoms with Crippen LogP contribution < -0.4 is 0 Å². The van der Waals surface area contributed by atoms with E-state index in [0.29, 0.717) is 16.5 Å². The number of methoxy groups -OCH3 is 1. The molecule has 4 rings (SSSR count). The first-order valence-corrected chi connectivity index (χ1v) is 9.87. The Bertz CT molecular complexity index is 1320. The lowest BCUT2D eigenvalue weighted by molar-refractivity contribution is 0.0603. The van der Waals surface area contributed by atoms with Crippen LogP contribution in [0.4, 0.5) is 4.39 Å². The Labute approximate surface area is 165 Å². The third-order valence-corrected chi connectivity index (χ3v) is 6.09. The molecule has 1 aromatic carbocycles. The summed E-state index contributed by atoms with van der Waals surface area (Å²) >= 11 is 0. The molecule has 0 aliphatic rings. The first kappa shape index (κ1) is 18.8. The number of benzene rings is 1. The lowest BCUT2D eigenvalue weighted by atomic mass is 10.0. The van der Waals surface area contributed by atoms with E-state index in [1.807, 2.05) is 0 Å². The number of halogens is 1. The fourth-order valence-corrected chi connectivity index (χ4v) is 4.33. The summed E-state index contributed by atoms with van der Waals surface area (Å²) in [6.45, 7) is 0. The molecule has 0 N–H and O–H groups in total. The van der Waals surface area contributed by atoms with Crippen molar-refractivity contribution < 1.29 is 22.3 Å². The minimum atomic E-state index is -4.02. The number of hydrogen-bond acceptors (Lipinski definition) is 6. The molecule has 4 aromatic rings. The van der Waals surface area contributed by atoms with Gasteiger partial charge in [0.25, 0.3) is 10.0 Å². The third kappa shape index (κ3) is 3.25. The fourth-order valence-electron chi connectivity index (χ4n) is 3.01. The standard InChI is InChI=1S/C20H14FN3O4S/c1-28-20(25)17-12-24(29(26,27)15-3-2-8-22-11-15)18-9-13(4-6-16(17)18)14-5-7-19(21)23-10-14/h2-12H,1H3. The van der Waals surface area contributed by atoms with Crippen LogP contribution in [0.15, 0.2) is 72.1 Å². The van der Waals surface area contributed by atoms with Crippen molar-refractivity contribution in [3.63, 3.8) is 0 Å². The highest BCUT2D eigenvalue weighted by Gasteiger charge is 2.24. The SMILES string of the molecule is COC(=O)c1cn(S(=O)(=O)c2cccnc2)c2cc(-c3ccc(F)nc3)ccc12. The first-order valence-electron chi connectivity index (χ1n) is 8.43. The molecule has 0 unspecified atom stereocenters. The van der Waals surface area contributed by atoms with Crippen molar-refractivity contribution in [2.24, 2.45) is 0 Å². The number of esters is 1. The van der Waals surface area contributed by atoms with Crippen molar-refractivity contribution in [2.75, 3.05) is 7.11 Å². The van der Waals surface area contributed by atoms with Crippen LogP contribution in [0.1, 0.15) is 10.4 Å². The molecule has 146 valence electrons. The third-order valence-electron chi connectivity index (χ3n) is 4.43. The topological polar surface area (TPSA) is 91.2 Å². The summed E-state index contributed by atoms with van der Waals surface area (Å²) in [7, 11) is -2.80. The number of carbonyl (C=O) groups is 1. The molecule has 29 heavy (non-hydrogen) atoms. The van der Waals surface area contributed by atoms with Crippen molar-refractivity contribution >= 4 is 26.9 Å². The molecule has 0 atom stereocenters. The molecular weight excluding hydrogens is 397 g/mol. The second-order valence-electron chi connectivity index (χ2n) is 6.13. The highest BCUT2D eigenvalue weighted by molar-refractivity contribution is 7.90. The van der Waals surface area contributed by atoms with Crippen molar-refractivity contribution in [2.45, 2.75) is 4.90 Å². The summed E-state index contributed by atoms with van der Waals surface area (Å²) in [6, 6.07) is 10.6. The summed E-state index contributed by atoms with van der Waals surface area (Å²) in [5.74, 6) is -1.28. The Kier molecular flexibility index (Phi) is 4.59. The second kappa shape index (κ2) is 7.10. The van der Waals surface area contributed by atoms with Gasteiger partial charge < -0.3 is 4.74 Å². The molecule has 0 saturated carbocycles. The number of hydrogen-bond donors (Lipinski definition) is 0. The Morgan fingerprint density at radius 2 is 1.90 bits per heavy atom. The van der Waals surface area contributed by atoms with E-state index in [1.165, 1.54) is 56.2 Å². The number of fused-ring (bicyclic) bond motifs is 1. The van der Waals surface area contributed by atoms with Crippen LogP contribution in [0.2, 0.25) is 0 Å².